The van der Waals surface area contributed by atoms with Gasteiger partial charge in [0.1, 0.15) is 5.75 Å². The highest BCUT2D eigenvalue weighted by molar-refractivity contribution is 6.34. The first-order chi connectivity index (χ1) is 13.1. The number of imide groups is 1. The zero-order valence-electron chi connectivity index (χ0n) is 14.3. The van der Waals surface area contributed by atoms with Crippen molar-refractivity contribution in [3.05, 3.63) is 77.7 Å². The van der Waals surface area contributed by atoms with Gasteiger partial charge in [-0.15, -0.1) is 0 Å². The maximum Gasteiger partial charge on any atom is 0.291 e. The molecule has 0 aliphatic carbocycles. The van der Waals surface area contributed by atoms with E-state index in [0.29, 0.717) is 28.3 Å². The van der Waals surface area contributed by atoms with Crippen molar-refractivity contribution in [2.45, 2.75) is 0 Å². The van der Waals surface area contributed by atoms with E-state index in [1.54, 1.807) is 42.5 Å². The van der Waals surface area contributed by atoms with Gasteiger partial charge in [-0.2, -0.15) is 0 Å². The Morgan fingerprint density at radius 2 is 1.70 bits per heavy atom. The fourth-order valence-electron chi connectivity index (χ4n) is 2.94. The fraction of sp³-hybridized carbons (Fsp3) is 0.0500. The topological polar surface area (TPSA) is 88.9 Å². The van der Waals surface area contributed by atoms with Gasteiger partial charge in [-0.05, 0) is 36.4 Å². The van der Waals surface area contributed by atoms with E-state index in [4.69, 9.17) is 9.15 Å². The average molecular weight is 362 g/mol. The Bertz CT molecular complexity index is 1020. The van der Waals surface area contributed by atoms with Gasteiger partial charge in [0.25, 0.3) is 17.7 Å². The van der Waals surface area contributed by atoms with Crippen LogP contribution in [0.5, 0.6) is 5.75 Å². The first-order valence-corrected chi connectivity index (χ1v) is 8.11. The summed E-state index contributed by atoms with van der Waals surface area (Å²) in [4.78, 5) is 38.5. The van der Waals surface area contributed by atoms with Crippen LogP contribution in [0.15, 0.2) is 65.3 Å². The predicted octanol–water partition coefficient (Wildman–Crippen LogP) is 3.34. The van der Waals surface area contributed by atoms with Crippen molar-refractivity contribution in [1.29, 1.82) is 0 Å². The number of benzene rings is 2. The fourth-order valence-corrected chi connectivity index (χ4v) is 2.94. The first-order valence-electron chi connectivity index (χ1n) is 8.11. The minimum Gasteiger partial charge on any atom is -0.494 e. The number of ether oxygens (including phenoxy) is 1. The number of fused-ring (bicyclic) bond motifs is 1. The van der Waals surface area contributed by atoms with Gasteiger partial charge in [0, 0.05) is 6.07 Å². The van der Waals surface area contributed by atoms with Crippen molar-refractivity contribution in [1.82, 2.24) is 0 Å². The van der Waals surface area contributed by atoms with E-state index in [2.05, 4.69) is 5.32 Å². The molecule has 1 aliphatic rings. The molecule has 0 bridgehead atoms. The number of furan rings is 1. The van der Waals surface area contributed by atoms with Crippen LogP contribution in [-0.4, -0.2) is 24.8 Å². The molecule has 2 heterocycles. The molecule has 3 amide bonds. The van der Waals surface area contributed by atoms with Gasteiger partial charge in [-0.25, -0.2) is 4.90 Å². The molecular weight excluding hydrogens is 348 g/mol. The van der Waals surface area contributed by atoms with Crippen LogP contribution < -0.4 is 15.0 Å². The number of carbonyl (C=O) groups excluding carboxylic acids is 3. The van der Waals surface area contributed by atoms with Crippen molar-refractivity contribution in [3.63, 3.8) is 0 Å². The Morgan fingerprint density at radius 1 is 1.00 bits per heavy atom. The zero-order chi connectivity index (χ0) is 19.0. The molecule has 7 nitrogen and oxygen atoms in total. The molecule has 3 aromatic rings. The van der Waals surface area contributed by atoms with Gasteiger partial charge in [-0.1, -0.05) is 12.1 Å². The third kappa shape index (κ3) is 2.75. The summed E-state index contributed by atoms with van der Waals surface area (Å²) in [6, 6.07) is 14.5. The smallest absolute Gasteiger partial charge is 0.291 e. The molecule has 1 N–H and O–H groups in total. The molecule has 0 unspecified atom stereocenters. The summed E-state index contributed by atoms with van der Waals surface area (Å²) in [5.41, 5.74) is 1.46. The summed E-state index contributed by atoms with van der Waals surface area (Å²) >= 11 is 0. The molecule has 4 rings (SSSR count). The van der Waals surface area contributed by atoms with Crippen molar-refractivity contribution in [2.24, 2.45) is 0 Å². The minimum atomic E-state index is -0.438. The quantitative estimate of drug-likeness (QED) is 0.719. The monoisotopic (exact) mass is 362 g/mol. The number of nitrogens with one attached hydrogen (secondary N) is 1. The standard InChI is InChI=1S/C20H14N2O5/c1-26-17-11-12(8-9-15(17)21-18(23)16-7-4-10-27-16)22-19(24)13-5-2-3-6-14(13)20(22)25/h2-11H,1H3,(H,21,23). The summed E-state index contributed by atoms with van der Waals surface area (Å²) in [6.07, 6.45) is 1.40. The number of rotatable bonds is 4. The highest BCUT2D eigenvalue weighted by Gasteiger charge is 2.36. The third-order valence-electron chi connectivity index (χ3n) is 4.23. The van der Waals surface area contributed by atoms with E-state index in [1.807, 2.05) is 0 Å². The Labute approximate surface area is 154 Å². The molecule has 134 valence electrons. The van der Waals surface area contributed by atoms with E-state index in [9.17, 15) is 14.4 Å². The molecule has 0 fully saturated rings. The van der Waals surface area contributed by atoms with Crippen LogP contribution in [0, 0.1) is 0 Å². The van der Waals surface area contributed by atoms with Gasteiger partial charge < -0.3 is 14.5 Å². The largest absolute Gasteiger partial charge is 0.494 e. The molecule has 0 saturated carbocycles. The molecule has 1 aromatic heterocycles. The Kier molecular flexibility index (Phi) is 3.97. The highest BCUT2D eigenvalue weighted by Crippen LogP contribution is 2.34. The van der Waals surface area contributed by atoms with E-state index in [0.717, 1.165) is 4.90 Å². The van der Waals surface area contributed by atoms with E-state index in [-0.39, 0.29) is 5.76 Å². The van der Waals surface area contributed by atoms with Crippen LogP contribution in [0.4, 0.5) is 11.4 Å². The Balaban J connectivity index is 1.65. The summed E-state index contributed by atoms with van der Waals surface area (Å²) in [7, 11) is 1.43. The lowest BCUT2D eigenvalue weighted by atomic mass is 10.1. The molecule has 0 atom stereocenters. The predicted molar refractivity (Wildman–Crippen MR) is 97.2 cm³/mol. The van der Waals surface area contributed by atoms with E-state index >= 15 is 0 Å². The molecule has 0 radical (unpaired) electrons. The third-order valence-corrected chi connectivity index (χ3v) is 4.23. The van der Waals surface area contributed by atoms with Crippen molar-refractivity contribution in [3.8, 4) is 5.75 Å². The summed E-state index contributed by atoms with van der Waals surface area (Å²) in [5.74, 6) is -0.771. The highest BCUT2D eigenvalue weighted by atomic mass is 16.5. The number of nitrogens with zero attached hydrogens (tertiary/aromatic N) is 1. The second kappa shape index (κ2) is 6.45. The molecule has 1 aliphatic heterocycles. The van der Waals surface area contributed by atoms with Crippen LogP contribution in [0.25, 0.3) is 0 Å². The number of anilines is 2. The molecule has 2 aromatic carbocycles. The SMILES string of the molecule is COc1cc(N2C(=O)c3ccccc3C2=O)ccc1NC(=O)c1ccco1. The van der Waals surface area contributed by atoms with Crippen LogP contribution in [0.1, 0.15) is 31.3 Å². The second-order valence-electron chi connectivity index (χ2n) is 5.81. The number of methoxy groups -OCH3 is 1. The van der Waals surface area contributed by atoms with Gasteiger partial charge in [0.15, 0.2) is 5.76 Å². The molecule has 0 spiro atoms. The molecule has 0 saturated heterocycles. The first kappa shape index (κ1) is 16.6. The van der Waals surface area contributed by atoms with Crippen molar-refractivity contribution in [2.75, 3.05) is 17.3 Å². The summed E-state index contributed by atoms with van der Waals surface area (Å²) in [6.45, 7) is 0. The molecule has 27 heavy (non-hydrogen) atoms. The van der Waals surface area contributed by atoms with Crippen LogP contribution in [0.2, 0.25) is 0 Å². The number of amides is 3. The summed E-state index contributed by atoms with van der Waals surface area (Å²) < 4.78 is 10.4. The second-order valence-corrected chi connectivity index (χ2v) is 5.81. The van der Waals surface area contributed by atoms with Gasteiger partial charge in [-0.3, -0.25) is 14.4 Å². The van der Waals surface area contributed by atoms with Crippen molar-refractivity contribution < 1.29 is 23.5 Å². The van der Waals surface area contributed by atoms with E-state index < -0.39 is 17.7 Å². The van der Waals surface area contributed by atoms with Crippen LogP contribution in [-0.2, 0) is 0 Å². The van der Waals surface area contributed by atoms with Crippen molar-refractivity contribution >= 4 is 29.1 Å². The lowest BCUT2D eigenvalue weighted by Gasteiger charge is -2.17. The average Bonchev–Trinajstić information content (AvgIpc) is 3.31. The van der Waals surface area contributed by atoms with Crippen LogP contribution >= 0.6 is 0 Å². The number of carbonyl (C=O) groups is 3. The lowest BCUT2D eigenvalue weighted by molar-refractivity contribution is 0.0924. The molecular formula is C20H14N2O5. The zero-order valence-corrected chi connectivity index (χ0v) is 14.3. The van der Waals surface area contributed by atoms with Crippen LogP contribution in [0.3, 0.4) is 0 Å². The van der Waals surface area contributed by atoms with Gasteiger partial charge in [0.05, 0.1) is 35.9 Å². The lowest BCUT2D eigenvalue weighted by Crippen LogP contribution is -2.29. The number of hydrogen-bond donors (Lipinski definition) is 1. The summed E-state index contributed by atoms with van der Waals surface area (Å²) in [5, 5.41) is 2.68. The minimum absolute atomic E-state index is 0.154. The maximum absolute atomic E-state index is 12.6. The Hall–Kier alpha value is -3.87. The maximum atomic E-state index is 12.6. The Morgan fingerprint density at radius 3 is 2.30 bits per heavy atom. The van der Waals surface area contributed by atoms with E-state index in [1.165, 1.54) is 25.5 Å². The normalized spacial score (nSPS) is 12.9. The number of hydrogen-bond acceptors (Lipinski definition) is 5. The molecule has 7 heteroatoms. The van der Waals surface area contributed by atoms with Gasteiger partial charge >= 0.3 is 0 Å². The van der Waals surface area contributed by atoms with Gasteiger partial charge in [0.2, 0.25) is 0 Å².